The molecule has 2 aliphatic heterocycles. The van der Waals surface area contributed by atoms with Crippen LogP contribution in [0.4, 0.5) is 5.69 Å². The van der Waals surface area contributed by atoms with Gasteiger partial charge >= 0.3 is 0 Å². The van der Waals surface area contributed by atoms with Crippen molar-refractivity contribution in [3.05, 3.63) is 52.9 Å². The van der Waals surface area contributed by atoms with Gasteiger partial charge in [0.05, 0.1) is 20.8 Å². The Balaban J connectivity index is 0.00000324. The predicted molar refractivity (Wildman–Crippen MR) is 145 cm³/mol. The van der Waals surface area contributed by atoms with E-state index in [4.69, 9.17) is 4.98 Å². The second kappa shape index (κ2) is 12.0. The summed E-state index contributed by atoms with van der Waals surface area (Å²) in [5.74, 6) is 0. The van der Waals surface area contributed by atoms with Crippen LogP contribution in [0.5, 0.6) is 0 Å². The largest absolute Gasteiger partial charge is 1.00 e. The summed E-state index contributed by atoms with van der Waals surface area (Å²) in [5.41, 5.74) is 6.42. The molecule has 1 unspecified atom stereocenters. The normalized spacial score (nSPS) is 16.1. The van der Waals surface area contributed by atoms with E-state index in [1.165, 1.54) is 49.4 Å². The quantitative estimate of drug-likeness (QED) is 0.197. The third-order valence-corrected chi connectivity index (χ3v) is 8.00. The monoisotopic (exact) mass is 590 g/mol. The highest BCUT2D eigenvalue weighted by atomic mass is 127. The number of hydrogen-bond donors (Lipinski definition) is 0. The zero-order valence-electron chi connectivity index (χ0n) is 21.6. The summed E-state index contributed by atoms with van der Waals surface area (Å²) < 4.78 is 3.50. The van der Waals surface area contributed by atoms with E-state index < -0.39 is 0 Å². The summed E-state index contributed by atoms with van der Waals surface area (Å²) in [5, 5.41) is 1.26. The summed E-state index contributed by atoms with van der Waals surface area (Å²) in [4.78, 5) is 11.7. The molecule has 3 aliphatic rings. The molecule has 4 rings (SSSR count). The van der Waals surface area contributed by atoms with Crippen molar-refractivity contribution in [3.8, 4) is 10.6 Å². The number of aryl methyl sites for hydroxylation is 2. The van der Waals surface area contributed by atoms with Crippen molar-refractivity contribution in [1.82, 2.24) is 14.5 Å². The van der Waals surface area contributed by atoms with E-state index in [2.05, 4.69) is 92.6 Å². The Bertz CT molecular complexity index is 1190. The number of nitrogens with zero attached hydrogens (tertiary/aromatic N) is 4. The summed E-state index contributed by atoms with van der Waals surface area (Å²) in [6.07, 6.45) is 7.69. The highest BCUT2D eigenvalue weighted by Gasteiger charge is 2.20. The van der Waals surface area contributed by atoms with Gasteiger partial charge in [-0.3, -0.25) is 4.90 Å². The number of aromatic nitrogens is 1. The molecule has 1 aliphatic carbocycles. The van der Waals surface area contributed by atoms with Crippen molar-refractivity contribution in [2.45, 2.75) is 53.0 Å². The lowest BCUT2D eigenvalue weighted by molar-refractivity contribution is -0.00000695. The van der Waals surface area contributed by atoms with Crippen LogP contribution in [0.25, 0.3) is 20.8 Å². The van der Waals surface area contributed by atoms with Gasteiger partial charge in [0.15, 0.2) is 0 Å². The Labute approximate surface area is 226 Å². The third-order valence-electron chi connectivity index (χ3n) is 6.94. The fraction of sp³-hybridized carbons (Fsp3) is 0.500. The lowest BCUT2D eigenvalue weighted by Crippen LogP contribution is -3.00. The first-order valence-electron chi connectivity index (χ1n) is 12.5. The van der Waals surface area contributed by atoms with E-state index in [0.717, 1.165) is 39.0 Å². The number of halogens is 1. The molecule has 1 atom stereocenters. The zero-order valence-corrected chi connectivity index (χ0v) is 24.5. The van der Waals surface area contributed by atoms with E-state index in [1.807, 2.05) is 11.3 Å². The Morgan fingerprint density at radius 3 is 2.47 bits per heavy atom. The lowest BCUT2D eigenvalue weighted by Gasteiger charge is -2.27. The number of allylic oxidation sites excluding steroid dienone is 1. The van der Waals surface area contributed by atoms with Gasteiger partial charge in [-0.05, 0) is 56.4 Å². The molecule has 1 aromatic carbocycles. The van der Waals surface area contributed by atoms with Gasteiger partial charge in [-0.15, -0.1) is 11.3 Å². The SMILES string of the molecule is CC=CC(C)N1CCCN(c2cc(CC)c3nc4c(CC)cc(=[N+](C)C)cc-4sc3c2)CC1.[I-]. The predicted octanol–water partition coefficient (Wildman–Crippen LogP) is 2.04. The molecule has 184 valence electrons. The fourth-order valence-corrected chi connectivity index (χ4v) is 6.06. The molecule has 1 saturated heterocycles. The zero-order chi connectivity index (χ0) is 23.5. The molecular formula is C28H39IN4S. The summed E-state index contributed by atoms with van der Waals surface area (Å²) in [7, 11) is 4.24. The van der Waals surface area contributed by atoms with Gasteiger partial charge in [0.2, 0.25) is 5.36 Å². The fourth-order valence-electron chi connectivity index (χ4n) is 4.92. The maximum Gasteiger partial charge on any atom is 0.201 e. The molecule has 1 aromatic rings. The van der Waals surface area contributed by atoms with Crippen molar-refractivity contribution < 1.29 is 24.0 Å². The van der Waals surface area contributed by atoms with Crippen LogP contribution in [-0.4, -0.2) is 56.2 Å². The number of anilines is 1. The Hall–Kier alpha value is -1.51. The van der Waals surface area contributed by atoms with Crippen LogP contribution in [0.2, 0.25) is 0 Å². The molecule has 0 radical (unpaired) electrons. The molecule has 4 nitrogen and oxygen atoms in total. The van der Waals surface area contributed by atoms with Gasteiger partial charge in [-0.25, -0.2) is 9.56 Å². The number of hydrogen-bond acceptors (Lipinski definition) is 4. The number of fused-ring (bicyclic) bond motifs is 2. The van der Waals surface area contributed by atoms with Crippen molar-refractivity contribution in [3.63, 3.8) is 0 Å². The van der Waals surface area contributed by atoms with Gasteiger partial charge in [-0.2, -0.15) is 0 Å². The van der Waals surface area contributed by atoms with E-state index in [1.54, 1.807) is 0 Å². The minimum absolute atomic E-state index is 0. The molecule has 0 spiro atoms. The molecule has 34 heavy (non-hydrogen) atoms. The topological polar surface area (TPSA) is 22.4 Å². The first-order valence-corrected chi connectivity index (χ1v) is 13.3. The molecule has 0 bridgehead atoms. The molecule has 2 heterocycles. The molecule has 0 N–H and O–H groups in total. The maximum atomic E-state index is 5.24. The van der Waals surface area contributed by atoms with E-state index >= 15 is 0 Å². The minimum atomic E-state index is 0. The maximum absolute atomic E-state index is 5.24. The van der Waals surface area contributed by atoms with Crippen molar-refractivity contribution in [2.75, 3.05) is 45.2 Å². The van der Waals surface area contributed by atoms with Crippen LogP contribution < -0.4 is 38.8 Å². The molecule has 0 amide bonds. The summed E-state index contributed by atoms with van der Waals surface area (Å²) >= 11 is 1.90. The van der Waals surface area contributed by atoms with Crippen molar-refractivity contribution in [2.24, 2.45) is 0 Å². The van der Waals surface area contributed by atoms with E-state index in [-0.39, 0.29) is 24.0 Å². The summed E-state index contributed by atoms with van der Waals surface area (Å²) in [6, 6.07) is 9.90. The van der Waals surface area contributed by atoms with Gasteiger partial charge in [0.25, 0.3) is 0 Å². The van der Waals surface area contributed by atoms with E-state index in [9.17, 15) is 0 Å². The molecule has 1 fully saturated rings. The highest BCUT2D eigenvalue weighted by Crippen LogP contribution is 2.36. The lowest BCUT2D eigenvalue weighted by atomic mass is 10.1. The van der Waals surface area contributed by atoms with Gasteiger partial charge < -0.3 is 28.9 Å². The van der Waals surface area contributed by atoms with Crippen LogP contribution >= 0.6 is 11.3 Å². The Morgan fingerprint density at radius 2 is 1.79 bits per heavy atom. The van der Waals surface area contributed by atoms with Crippen molar-refractivity contribution in [1.29, 1.82) is 0 Å². The van der Waals surface area contributed by atoms with Crippen LogP contribution in [0, 0.1) is 0 Å². The molecule has 6 heteroatoms. The van der Waals surface area contributed by atoms with Crippen LogP contribution in [0.1, 0.15) is 45.2 Å². The average molecular weight is 591 g/mol. The number of rotatable bonds is 5. The minimum Gasteiger partial charge on any atom is -1.00 e. The van der Waals surface area contributed by atoms with E-state index in [0.29, 0.717) is 6.04 Å². The number of benzene rings is 2. The van der Waals surface area contributed by atoms with Gasteiger partial charge in [-0.1, -0.05) is 26.0 Å². The summed E-state index contributed by atoms with van der Waals surface area (Å²) in [6.45, 7) is 13.4. The first-order chi connectivity index (χ1) is 15.9. The molecular weight excluding hydrogens is 551 g/mol. The molecule has 0 aromatic heterocycles. The smallest absolute Gasteiger partial charge is 0.201 e. The van der Waals surface area contributed by atoms with Gasteiger partial charge in [0.1, 0.15) is 14.1 Å². The average Bonchev–Trinajstić information content (AvgIpc) is 3.08. The first kappa shape index (κ1) is 27.1. The van der Waals surface area contributed by atoms with Crippen molar-refractivity contribution >= 4 is 27.2 Å². The second-order valence-corrected chi connectivity index (χ2v) is 10.4. The second-order valence-electron chi connectivity index (χ2n) is 9.36. The third kappa shape index (κ3) is 5.65. The standard InChI is InChI=1S/C28H39N4S.HI/c1-7-11-20(4)31-12-10-13-32(15-14-31)24-17-22(9-3)28-26(19-24)33-25-18-23(30(5)6)16-21(8-2)27(25)29-28;/h7,11,16-20H,8-10,12-15H2,1-6H3;1H/q+1;/p-1. The van der Waals surface area contributed by atoms with Crippen LogP contribution in [0.15, 0.2) is 36.4 Å². The van der Waals surface area contributed by atoms with Crippen LogP contribution in [-0.2, 0) is 12.8 Å². The Morgan fingerprint density at radius 1 is 1.03 bits per heavy atom. The van der Waals surface area contributed by atoms with Gasteiger partial charge in [0, 0.05) is 50.0 Å². The Kier molecular flexibility index (Phi) is 9.52. The highest BCUT2D eigenvalue weighted by molar-refractivity contribution is 7.21. The van der Waals surface area contributed by atoms with Crippen LogP contribution in [0.3, 0.4) is 0 Å². The molecule has 0 saturated carbocycles.